The minimum Gasteiger partial charge on any atom is -0.352 e. The third-order valence-electron chi connectivity index (χ3n) is 2.85. The molecule has 1 amide bonds. The summed E-state index contributed by atoms with van der Waals surface area (Å²) in [6, 6.07) is 15.9. The summed E-state index contributed by atoms with van der Waals surface area (Å²) in [6.07, 6.45) is 0.847. The summed E-state index contributed by atoms with van der Waals surface area (Å²) in [5, 5.41) is 2.94. The molecule has 0 saturated carbocycles. The van der Waals surface area contributed by atoms with E-state index < -0.39 is 0 Å². The van der Waals surface area contributed by atoms with Gasteiger partial charge in [-0.05, 0) is 42.7 Å². The van der Waals surface area contributed by atoms with Crippen LogP contribution in [0.3, 0.4) is 0 Å². The minimum atomic E-state index is -0.0275. The maximum Gasteiger partial charge on any atom is 0.251 e. The van der Waals surface area contributed by atoms with Crippen molar-refractivity contribution < 1.29 is 4.79 Å². The van der Waals surface area contributed by atoms with E-state index >= 15 is 0 Å². The van der Waals surface area contributed by atoms with Gasteiger partial charge in [-0.2, -0.15) is 0 Å². The van der Waals surface area contributed by atoms with Crippen molar-refractivity contribution in [2.24, 2.45) is 0 Å². The van der Waals surface area contributed by atoms with Crippen molar-refractivity contribution in [3.05, 3.63) is 69.7 Å². The molecule has 0 atom stereocenters. The highest BCUT2D eigenvalue weighted by Crippen LogP contribution is 2.15. The molecule has 0 aliphatic carbocycles. The fourth-order valence-electron chi connectivity index (χ4n) is 1.93. The maximum absolute atomic E-state index is 12.0. The molecule has 0 saturated heterocycles. The first kappa shape index (κ1) is 13.8. The molecule has 0 radical (unpaired) electrons. The van der Waals surface area contributed by atoms with Crippen molar-refractivity contribution >= 4 is 21.8 Å². The lowest BCUT2D eigenvalue weighted by Gasteiger charge is -2.07. The van der Waals surface area contributed by atoms with Crippen molar-refractivity contribution in [2.45, 2.75) is 13.3 Å². The summed E-state index contributed by atoms with van der Waals surface area (Å²) in [5.74, 6) is -0.0275. The van der Waals surface area contributed by atoms with E-state index in [4.69, 9.17) is 0 Å². The van der Waals surface area contributed by atoms with Crippen molar-refractivity contribution in [3.63, 3.8) is 0 Å². The normalized spacial score (nSPS) is 10.2. The Balaban J connectivity index is 1.91. The van der Waals surface area contributed by atoms with Crippen LogP contribution in [0, 0.1) is 6.92 Å². The molecule has 1 N–H and O–H groups in total. The number of hydrogen-bond donors (Lipinski definition) is 1. The fraction of sp³-hybridized carbons (Fsp3) is 0.188. The standard InChI is InChI=1S/C16H16BrNO/c1-12-9-14(11-15(17)10-12)16(19)18-8-7-13-5-3-2-4-6-13/h2-6,9-11H,7-8H2,1H3,(H,18,19). The van der Waals surface area contributed by atoms with Gasteiger partial charge in [0.05, 0.1) is 0 Å². The molecule has 0 unspecified atom stereocenters. The van der Waals surface area contributed by atoms with Crippen molar-refractivity contribution in [2.75, 3.05) is 6.54 Å². The lowest BCUT2D eigenvalue weighted by molar-refractivity contribution is 0.0954. The van der Waals surface area contributed by atoms with Crippen LogP contribution < -0.4 is 5.32 Å². The lowest BCUT2D eigenvalue weighted by atomic mass is 10.1. The Morgan fingerprint density at radius 3 is 2.58 bits per heavy atom. The minimum absolute atomic E-state index is 0.0275. The Morgan fingerprint density at radius 2 is 1.89 bits per heavy atom. The molecule has 0 fully saturated rings. The molecule has 2 aromatic carbocycles. The number of halogens is 1. The largest absolute Gasteiger partial charge is 0.352 e. The zero-order valence-electron chi connectivity index (χ0n) is 10.8. The van der Waals surface area contributed by atoms with E-state index in [9.17, 15) is 4.79 Å². The lowest BCUT2D eigenvalue weighted by Crippen LogP contribution is -2.25. The first-order chi connectivity index (χ1) is 9.15. The van der Waals surface area contributed by atoms with Gasteiger partial charge < -0.3 is 5.32 Å². The molecular weight excluding hydrogens is 302 g/mol. The summed E-state index contributed by atoms with van der Waals surface area (Å²) < 4.78 is 0.931. The molecule has 0 spiro atoms. The summed E-state index contributed by atoms with van der Waals surface area (Å²) in [4.78, 5) is 12.0. The van der Waals surface area contributed by atoms with E-state index in [0.717, 1.165) is 16.5 Å². The maximum atomic E-state index is 12.0. The quantitative estimate of drug-likeness (QED) is 0.914. The van der Waals surface area contributed by atoms with Crippen LogP contribution in [-0.4, -0.2) is 12.5 Å². The van der Waals surface area contributed by atoms with Crippen LogP contribution in [0.1, 0.15) is 21.5 Å². The second-order valence-corrected chi connectivity index (χ2v) is 5.42. The van der Waals surface area contributed by atoms with Crippen LogP contribution in [0.5, 0.6) is 0 Å². The smallest absolute Gasteiger partial charge is 0.251 e. The van der Waals surface area contributed by atoms with E-state index in [-0.39, 0.29) is 5.91 Å². The van der Waals surface area contributed by atoms with E-state index in [1.54, 1.807) is 0 Å². The van der Waals surface area contributed by atoms with Gasteiger partial charge >= 0.3 is 0 Å². The Hall–Kier alpha value is -1.61. The number of nitrogens with one attached hydrogen (secondary N) is 1. The zero-order valence-corrected chi connectivity index (χ0v) is 12.4. The molecule has 3 heteroatoms. The topological polar surface area (TPSA) is 29.1 Å². The monoisotopic (exact) mass is 317 g/mol. The summed E-state index contributed by atoms with van der Waals surface area (Å²) >= 11 is 3.41. The molecule has 0 aromatic heterocycles. The third-order valence-corrected chi connectivity index (χ3v) is 3.30. The van der Waals surface area contributed by atoms with Gasteiger partial charge in [-0.1, -0.05) is 46.3 Å². The van der Waals surface area contributed by atoms with Crippen LogP contribution in [-0.2, 0) is 6.42 Å². The molecule has 2 nitrogen and oxygen atoms in total. The van der Waals surface area contributed by atoms with Gasteiger partial charge in [0.25, 0.3) is 5.91 Å². The second kappa shape index (κ2) is 6.53. The predicted octanol–water partition coefficient (Wildman–Crippen LogP) is 3.73. The Labute approximate surface area is 122 Å². The predicted molar refractivity (Wildman–Crippen MR) is 81.4 cm³/mol. The van der Waals surface area contributed by atoms with Crippen molar-refractivity contribution in [3.8, 4) is 0 Å². The number of rotatable bonds is 4. The number of aryl methyl sites for hydroxylation is 1. The number of amides is 1. The highest BCUT2D eigenvalue weighted by atomic mass is 79.9. The van der Waals surface area contributed by atoms with Gasteiger partial charge in [-0.25, -0.2) is 0 Å². The summed E-state index contributed by atoms with van der Waals surface area (Å²) in [7, 11) is 0. The van der Waals surface area contributed by atoms with Gasteiger partial charge in [0, 0.05) is 16.6 Å². The third kappa shape index (κ3) is 4.21. The highest BCUT2D eigenvalue weighted by molar-refractivity contribution is 9.10. The molecule has 19 heavy (non-hydrogen) atoms. The van der Waals surface area contributed by atoms with Gasteiger partial charge in [-0.15, -0.1) is 0 Å². The SMILES string of the molecule is Cc1cc(Br)cc(C(=O)NCCc2ccccc2)c1. The average molecular weight is 318 g/mol. The van der Waals surface area contributed by atoms with Gasteiger partial charge in [0.1, 0.15) is 0 Å². The van der Waals surface area contributed by atoms with Crippen molar-refractivity contribution in [1.82, 2.24) is 5.32 Å². The molecule has 2 aromatic rings. The van der Waals surface area contributed by atoms with Crippen LogP contribution in [0.25, 0.3) is 0 Å². The summed E-state index contributed by atoms with van der Waals surface area (Å²) in [5.41, 5.74) is 3.00. The number of benzene rings is 2. The first-order valence-electron chi connectivity index (χ1n) is 6.24. The average Bonchev–Trinajstić information content (AvgIpc) is 2.38. The van der Waals surface area contributed by atoms with Crippen LogP contribution in [0.15, 0.2) is 53.0 Å². The molecule has 98 valence electrons. The van der Waals surface area contributed by atoms with E-state index in [1.165, 1.54) is 5.56 Å². The van der Waals surface area contributed by atoms with Gasteiger partial charge in [0.15, 0.2) is 0 Å². The van der Waals surface area contributed by atoms with Gasteiger partial charge in [0.2, 0.25) is 0 Å². The van der Waals surface area contributed by atoms with E-state index in [0.29, 0.717) is 12.1 Å². The van der Waals surface area contributed by atoms with E-state index in [1.807, 2.05) is 43.3 Å². The number of carbonyl (C=O) groups excluding carboxylic acids is 1. The molecule has 0 aliphatic rings. The molecule has 0 bridgehead atoms. The van der Waals surface area contributed by atoms with Gasteiger partial charge in [-0.3, -0.25) is 4.79 Å². The number of hydrogen-bond acceptors (Lipinski definition) is 1. The summed E-state index contributed by atoms with van der Waals surface area (Å²) in [6.45, 7) is 2.62. The Bertz CT molecular complexity index is 546. The molecule has 0 aliphatic heterocycles. The fourth-order valence-corrected chi connectivity index (χ4v) is 2.54. The molecule has 0 heterocycles. The highest BCUT2D eigenvalue weighted by Gasteiger charge is 2.06. The van der Waals surface area contributed by atoms with Crippen LogP contribution in [0.4, 0.5) is 0 Å². The molecular formula is C16H16BrNO. The zero-order chi connectivity index (χ0) is 13.7. The van der Waals surface area contributed by atoms with Crippen LogP contribution in [0.2, 0.25) is 0 Å². The number of carbonyl (C=O) groups is 1. The Kier molecular flexibility index (Phi) is 4.74. The first-order valence-corrected chi connectivity index (χ1v) is 7.04. The second-order valence-electron chi connectivity index (χ2n) is 4.51. The van der Waals surface area contributed by atoms with Crippen molar-refractivity contribution in [1.29, 1.82) is 0 Å². The van der Waals surface area contributed by atoms with Crippen LogP contribution >= 0.6 is 15.9 Å². The Morgan fingerprint density at radius 1 is 1.16 bits per heavy atom. The molecule has 2 rings (SSSR count). The van der Waals surface area contributed by atoms with E-state index in [2.05, 4.69) is 33.4 Å².